The third-order valence-electron chi connectivity index (χ3n) is 4.98. The number of hydrogen-bond acceptors (Lipinski definition) is 6. The Kier molecular flexibility index (Phi) is 3.54. The summed E-state index contributed by atoms with van der Waals surface area (Å²) >= 11 is 0. The summed E-state index contributed by atoms with van der Waals surface area (Å²) in [5, 5.41) is 3.56. The minimum absolute atomic E-state index is 0.105. The molecule has 2 aliphatic rings. The molecule has 1 fully saturated rings. The van der Waals surface area contributed by atoms with Gasteiger partial charge in [-0.3, -0.25) is 0 Å². The molecule has 7 nitrogen and oxygen atoms in total. The van der Waals surface area contributed by atoms with Crippen molar-refractivity contribution >= 4 is 16.9 Å². The van der Waals surface area contributed by atoms with E-state index in [-0.39, 0.29) is 23.5 Å². The molecule has 4 heterocycles. The van der Waals surface area contributed by atoms with Crippen LogP contribution in [0.25, 0.3) is 11.0 Å². The number of aromatic nitrogens is 3. The van der Waals surface area contributed by atoms with Gasteiger partial charge >= 0.3 is 0 Å². The highest BCUT2D eigenvalue weighted by molar-refractivity contribution is 5.86. The number of fused-ring (bicyclic) bond motifs is 2. The number of nitrogen functional groups attached to an aromatic ring is 1. The van der Waals surface area contributed by atoms with Gasteiger partial charge in [-0.05, 0) is 11.6 Å². The quantitative estimate of drug-likeness (QED) is 0.748. The Balaban J connectivity index is 1.39. The van der Waals surface area contributed by atoms with E-state index in [9.17, 15) is 4.39 Å². The molecular formula is C18H18FN5O2. The summed E-state index contributed by atoms with van der Waals surface area (Å²) in [5.74, 6) is 0.569. The van der Waals surface area contributed by atoms with Crippen LogP contribution in [0.15, 0.2) is 30.7 Å². The molecule has 5 rings (SSSR count). The van der Waals surface area contributed by atoms with Crippen molar-refractivity contribution in [2.75, 3.05) is 12.3 Å². The second-order valence-electron chi connectivity index (χ2n) is 6.60. The summed E-state index contributed by atoms with van der Waals surface area (Å²) in [6.45, 7) is 2.11. The van der Waals surface area contributed by atoms with Gasteiger partial charge in [0.05, 0.1) is 12.0 Å². The van der Waals surface area contributed by atoms with Crippen LogP contribution in [0, 0.1) is 5.82 Å². The first kappa shape index (κ1) is 15.5. The molecule has 0 bridgehead atoms. The summed E-state index contributed by atoms with van der Waals surface area (Å²) in [6, 6.07) is 6.09. The van der Waals surface area contributed by atoms with Gasteiger partial charge < -0.3 is 25.1 Å². The highest BCUT2D eigenvalue weighted by Crippen LogP contribution is 2.34. The Labute approximate surface area is 148 Å². The number of halogens is 1. The average Bonchev–Trinajstić information content (AvgIpc) is 3.34. The number of nitrogens with zero attached hydrogens (tertiary/aromatic N) is 3. The highest BCUT2D eigenvalue weighted by Gasteiger charge is 2.31. The number of nitrogens with two attached hydrogens (primary N) is 1. The first-order valence-corrected chi connectivity index (χ1v) is 8.57. The second kappa shape index (κ2) is 5.93. The normalized spacial score (nSPS) is 22.0. The number of anilines is 1. The summed E-state index contributed by atoms with van der Waals surface area (Å²) in [4.78, 5) is 8.02. The summed E-state index contributed by atoms with van der Waals surface area (Å²) in [6.07, 6.45) is 2.84. The number of benzene rings is 1. The van der Waals surface area contributed by atoms with Crippen LogP contribution in [0.2, 0.25) is 0 Å². The maximum absolute atomic E-state index is 14.2. The zero-order valence-electron chi connectivity index (χ0n) is 14.0. The molecule has 0 saturated carbocycles. The van der Waals surface area contributed by atoms with Crippen molar-refractivity contribution in [1.29, 1.82) is 0 Å². The topological polar surface area (TPSA) is 87.2 Å². The third-order valence-corrected chi connectivity index (χ3v) is 4.98. The minimum atomic E-state index is -0.446. The Hall–Kier alpha value is -2.71. The van der Waals surface area contributed by atoms with Gasteiger partial charge in [0.1, 0.15) is 30.2 Å². The summed E-state index contributed by atoms with van der Waals surface area (Å²) < 4.78 is 28.0. The van der Waals surface area contributed by atoms with Crippen LogP contribution in [0.1, 0.15) is 23.8 Å². The van der Waals surface area contributed by atoms with Gasteiger partial charge in [-0.15, -0.1) is 0 Å². The molecule has 0 aliphatic carbocycles. The van der Waals surface area contributed by atoms with Crippen LogP contribution >= 0.6 is 0 Å². The van der Waals surface area contributed by atoms with Gasteiger partial charge in [-0.2, -0.15) is 0 Å². The van der Waals surface area contributed by atoms with E-state index in [1.807, 2.05) is 12.1 Å². The van der Waals surface area contributed by atoms with Crippen molar-refractivity contribution in [2.45, 2.75) is 31.8 Å². The molecule has 26 heavy (non-hydrogen) atoms. The Morgan fingerprint density at radius 1 is 1.31 bits per heavy atom. The fraction of sp³-hybridized carbons (Fsp3) is 0.333. The van der Waals surface area contributed by atoms with E-state index in [2.05, 4.69) is 21.4 Å². The van der Waals surface area contributed by atoms with E-state index in [0.29, 0.717) is 18.7 Å². The molecular weight excluding hydrogens is 337 g/mol. The third kappa shape index (κ3) is 2.41. The predicted molar refractivity (Wildman–Crippen MR) is 92.9 cm³/mol. The predicted octanol–water partition coefficient (Wildman–Crippen LogP) is 2.12. The van der Waals surface area contributed by atoms with E-state index in [1.165, 1.54) is 23.7 Å². The molecule has 3 aromatic rings. The molecule has 8 heteroatoms. The molecule has 0 spiro atoms. The second-order valence-corrected chi connectivity index (χ2v) is 6.60. The lowest BCUT2D eigenvalue weighted by atomic mass is 10.1. The Morgan fingerprint density at radius 3 is 3.15 bits per heavy atom. The maximum Gasteiger partial charge on any atom is 0.154 e. The minimum Gasteiger partial charge on any atom is -0.487 e. The lowest BCUT2D eigenvalue weighted by Gasteiger charge is -2.15. The van der Waals surface area contributed by atoms with E-state index in [0.717, 1.165) is 18.8 Å². The van der Waals surface area contributed by atoms with Crippen LogP contribution in [0.5, 0.6) is 5.75 Å². The van der Waals surface area contributed by atoms with Crippen molar-refractivity contribution in [3.63, 3.8) is 0 Å². The monoisotopic (exact) mass is 355 g/mol. The number of rotatable bonds is 3. The molecule has 3 N–H and O–H groups in total. The fourth-order valence-electron chi connectivity index (χ4n) is 3.73. The smallest absolute Gasteiger partial charge is 0.154 e. The van der Waals surface area contributed by atoms with Crippen LogP contribution < -0.4 is 15.8 Å². The lowest BCUT2D eigenvalue weighted by Crippen LogP contribution is -2.17. The van der Waals surface area contributed by atoms with E-state index in [4.69, 9.17) is 15.2 Å². The number of nitrogens with one attached hydrogen (secondary N) is 1. The number of ether oxygens (including phenoxy) is 2. The zero-order chi connectivity index (χ0) is 17.7. The fourth-order valence-corrected chi connectivity index (χ4v) is 3.73. The molecule has 0 amide bonds. The molecule has 134 valence electrons. The van der Waals surface area contributed by atoms with E-state index >= 15 is 0 Å². The van der Waals surface area contributed by atoms with Crippen LogP contribution in [-0.2, 0) is 17.8 Å². The molecule has 2 aliphatic heterocycles. The van der Waals surface area contributed by atoms with Crippen molar-refractivity contribution in [3.8, 4) is 5.75 Å². The maximum atomic E-state index is 14.2. The highest BCUT2D eigenvalue weighted by atomic mass is 19.1. The van der Waals surface area contributed by atoms with Gasteiger partial charge in [-0.25, -0.2) is 14.4 Å². The van der Waals surface area contributed by atoms with Crippen molar-refractivity contribution in [2.24, 2.45) is 0 Å². The molecule has 1 saturated heterocycles. The average molecular weight is 355 g/mol. The zero-order valence-corrected chi connectivity index (χ0v) is 14.0. The van der Waals surface area contributed by atoms with Crippen LogP contribution in [-0.4, -0.2) is 27.2 Å². The van der Waals surface area contributed by atoms with Crippen molar-refractivity contribution in [1.82, 2.24) is 19.9 Å². The van der Waals surface area contributed by atoms with Gasteiger partial charge in [0.2, 0.25) is 0 Å². The Morgan fingerprint density at radius 2 is 2.23 bits per heavy atom. The standard InChI is InChI=1S/C18H18FN5O2/c19-13-7-24(18-16(13)17(20)22-9-23-18)15-4-11(8-25-15)26-14-3-1-2-10-5-21-6-12(10)14/h1-3,7,9,11,15,21H,4-6,8H2,(H2,20,22,23). The van der Waals surface area contributed by atoms with Crippen LogP contribution in [0.4, 0.5) is 10.2 Å². The molecule has 2 unspecified atom stereocenters. The van der Waals surface area contributed by atoms with Crippen molar-refractivity contribution in [3.05, 3.63) is 47.7 Å². The van der Waals surface area contributed by atoms with Crippen LogP contribution in [0.3, 0.4) is 0 Å². The molecule has 2 atom stereocenters. The largest absolute Gasteiger partial charge is 0.487 e. The summed E-state index contributed by atoms with van der Waals surface area (Å²) in [7, 11) is 0. The Bertz CT molecular complexity index is 989. The molecule has 0 radical (unpaired) electrons. The van der Waals surface area contributed by atoms with E-state index in [1.54, 1.807) is 4.57 Å². The first-order valence-electron chi connectivity index (χ1n) is 8.57. The molecule has 1 aromatic carbocycles. The van der Waals surface area contributed by atoms with E-state index < -0.39 is 5.82 Å². The first-order chi connectivity index (χ1) is 12.7. The van der Waals surface area contributed by atoms with Gasteiger partial charge in [0, 0.05) is 31.3 Å². The van der Waals surface area contributed by atoms with Gasteiger partial charge in [-0.1, -0.05) is 12.1 Å². The van der Waals surface area contributed by atoms with Gasteiger partial charge in [0.15, 0.2) is 11.5 Å². The molecule has 2 aromatic heterocycles. The lowest BCUT2D eigenvalue weighted by molar-refractivity contribution is 0.0523. The van der Waals surface area contributed by atoms with Crippen molar-refractivity contribution < 1.29 is 13.9 Å². The van der Waals surface area contributed by atoms with Gasteiger partial charge in [0.25, 0.3) is 0 Å². The number of hydrogen-bond donors (Lipinski definition) is 2. The SMILES string of the molecule is Nc1ncnc2c1c(F)cn2C1CC(Oc2cccc3c2CNC3)CO1. The summed E-state index contributed by atoms with van der Waals surface area (Å²) in [5.41, 5.74) is 8.68.